The molecule has 1 amide bonds. The van der Waals surface area contributed by atoms with Gasteiger partial charge in [-0.05, 0) is 0 Å². The second-order valence-electron chi connectivity index (χ2n) is 2.55. The molecule has 14 heavy (non-hydrogen) atoms. The van der Waals surface area contributed by atoms with Crippen molar-refractivity contribution >= 4 is 11.9 Å². The molecular formula is C7H9N3O4. The van der Waals surface area contributed by atoms with Crippen molar-refractivity contribution in [3.8, 4) is 0 Å². The summed E-state index contributed by atoms with van der Waals surface area (Å²) in [4.78, 5) is 36.9. The van der Waals surface area contributed by atoms with Crippen molar-refractivity contribution in [1.29, 1.82) is 0 Å². The number of esters is 1. The number of carbonyl (C=O) groups excluding carboxylic acids is 2. The van der Waals surface area contributed by atoms with Crippen LogP contribution in [0.3, 0.4) is 0 Å². The van der Waals surface area contributed by atoms with Gasteiger partial charge in [0.2, 0.25) is 0 Å². The summed E-state index contributed by atoms with van der Waals surface area (Å²) in [6.07, 6.45) is -0.201. The normalized spacial score (nSPS) is 9.79. The van der Waals surface area contributed by atoms with Gasteiger partial charge in [-0.2, -0.15) is 0 Å². The molecule has 4 N–H and O–H groups in total. The fraction of sp³-hybridized carbons (Fsp3) is 0.286. The number of ether oxygens (including phenoxy) is 1. The minimum absolute atomic E-state index is 0.0969. The largest absolute Gasteiger partial charge is 0.469 e. The van der Waals surface area contributed by atoms with Crippen LogP contribution in [0.25, 0.3) is 0 Å². The summed E-state index contributed by atoms with van der Waals surface area (Å²) in [7, 11) is 1.21. The Morgan fingerprint density at radius 1 is 1.43 bits per heavy atom. The summed E-state index contributed by atoms with van der Waals surface area (Å²) >= 11 is 0. The van der Waals surface area contributed by atoms with Gasteiger partial charge in [0.1, 0.15) is 5.69 Å². The molecule has 0 aliphatic rings. The average Bonchev–Trinajstić information content (AvgIpc) is 2.46. The first-order valence-corrected chi connectivity index (χ1v) is 3.72. The molecule has 0 fully saturated rings. The molecule has 0 radical (unpaired) electrons. The highest BCUT2D eigenvalue weighted by Gasteiger charge is 2.15. The summed E-state index contributed by atoms with van der Waals surface area (Å²) in [5.74, 6) is -1.37. The Morgan fingerprint density at radius 3 is 2.57 bits per heavy atom. The SMILES string of the molecule is COC(=O)Cc1[nH]c(=O)[nH]c1C(N)=O. The minimum atomic E-state index is -0.803. The van der Waals surface area contributed by atoms with Crippen LogP contribution in [-0.4, -0.2) is 29.0 Å². The summed E-state index contributed by atoms with van der Waals surface area (Å²) in [5.41, 5.74) is 4.42. The third-order valence-corrected chi connectivity index (χ3v) is 1.60. The lowest BCUT2D eigenvalue weighted by molar-refractivity contribution is -0.139. The molecule has 7 nitrogen and oxygen atoms in total. The van der Waals surface area contributed by atoms with Crippen LogP contribution in [0.4, 0.5) is 0 Å². The smallest absolute Gasteiger partial charge is 0.323 e. The zero-order valence-corrected chi connectivity index (χ0v) is 7.42. The van der Waals surface area contributed by atoms with Gasteiger partial charge in [-0.15, -0.1) is 0 Å². The molecule has 7 heteroatoms. The quantitative estimate of drug-likeness (QED) is 0.514. The Kier molecular flexibility index (Phi) is 2.70. The fourth-order valence-corrected chi connectivity index (χ4v) is 0.979. The molecule has 0 atom stereocenters. The first-order chi connectivity index (χ1) is 6.54. The van der Waals surface area contributed by atoms with Gasteiger partial charge in [0, 0.05) is 0 Å². The van der Waals surface area contributed by atoms with E-state index < -0.39 is 17.6 Å². The molecule has 1 aromatic heterocycles. The Hall–Kier alpha value is -2.05. The summed E-state index contributed by atoms with van der Waals surface area (Å²) in [6, 6.07) is 0. The van der Waals surface area contributed by atoms with Gasteiger partial charge in [0.15, 0.2) is 0 Å². The zero-order valence-electron chi connectivity index (χ0n) is 7.42. The lowest BCUT2D eigenvalue weighted by atomic mass is 10.2. The standard InChI is InChI=1S/C7H9N3O4/c1-14-4(11)2-3-5(6(8)12)10-7(13)9-3/h2H2,1H3,(H2,8,12)(H2,9,10,13). The van der Waals surface area contributed by atoms with Crippen LogP contribution in [0.2, 0.25) is 0 Å². The van der Waals surface area contributed by atoms with Gasteiger partial charge in [-0.1, -0.05) is 0 Å². The van der Waals surface area contributed by atoms with E-state index in [-0.39, 0.29) is 17.8 Å². The average molecular weight is 199 g/mol. The number of hydrogen-bond acceptors (Lipinski definition) is 4. The Labute approximate surface area is 78.3 Å². The van der Waals surface area contributed by atoms with E-state index in [1.54, 1.807) is 0 Å². The van der Waals surface area contributed by atoms with Crippen LogP contribution in [0.15, 0.2) is 4.79 Å². The van der Waals surface area contributed by atoms with E-state index in [2.05, 4.69) is 14.7 Å². The molecular weight excluding hydrogens is 190 g/mol. The number of carbonyl (C=O) groups is 2. The Morgan fingerprint density at radius 2 is 2.07 bits per heavy atom. The second kappa shape index (κ2) is 3.77. The molecule has 0 aromatic carbocycles. The fourth-order valence-electron chi connectivity index (χ4n) is 0.979. The van der Waals surface area contributed by atoms with E-state index in [0.29, 0.717) is 0 Å². The third kappa shape index (κ3) is 2.00. The number of methoxy groups -OCH3 is 1. The number of imidazole rings is 1. The number of rotatable bonds is 3. The first-order valence-electron chi connectivity index (χ1n) is 3.72. The van der Waals surface area contributed by atoms with Crippen molar-refractivity contribution < 1.29 is 14.3 Å². The summed E-state index contributed by atoms with van der Waals surface area (Å²) in [6.45, 7) is 0. The monoisotopic (exact) mass is 199 g/mol. The summed E-state index contributed by atoms with van der Waals surface area (Å²) < 4.78 is 4.37. The minimum Gasteiger partial charge on any atom is -0.469 e. The zero-order chi connectivity index (χ0) is 10.7. The van der Waals surface area contributed by atoms with Crippen LogP contribution in [-0.2, 0) is 16.0 Å². The van der Waals surface area contributed by atoms with Crippen molar-refractivity contribution in [2.75, 3.05) is 7.11 Å². The molecule has 0 bridgehead atoms. The first kappa shape index (κ1) is 10.0. The van der Waals surface area contributed by atoms with Gasteiger partial charge in [-0.25, -0.2) is 4.79 Å². The lowest BCUT2D eigenvalue weighted by Crippen LogP contribution is -2.16. The molecule has 0 spiro atoms. The molecule has 0 saturated heterocycles. The highest BCUT2D eigenvalue weighted by atomic mass is 16.5. The van der Waals surface area contributed by atoms with Gasteiger partial charge in [0.05, 0.1) is 19.2 Å². The molecule has 1 aromatic rings. The van der Waals surface area contributed by atoms with E-state index in [4.69, 9.17) is 5.73 Å². The van der Waals surface area contributed by atoms with E-state index in [1.807, 2.05) is 0 Å². The number of nitrogens with one attached hydrogen (secondary N) is 2. The highest BCUT2D eigenvalue weighted by Crippen LogP contribution is 2.00. The van der Waals surface area contributed by atoms with Crippen LogP contribution in [0.1, 0.15) is 16.2 Å². The molecule has 0 aliphatic carbocycles. The number of aromatic amines is 2. The molecule has 0 saturated carbocycles. The predicted molar refractivity (Wildman–Crippen MR) is 45.7 cm³/mol. The predicted octanol–water partition coefficient (Wildman–Crippen LogP) is -1.48. The van der Waals surface area contributed by atoms with Gasteiger partial charge >= 0.3 is 11.7 Å². The van der Waals surface area contributed by atoms with E-state index in [1.165, 1.54) is 7.11 Å². The van der Waals surface area contributed by atoms with Gasteiger partial charge in [0.25, 0.3) is 5.91 Å². The van der Waals surface area contributed by atoms with Crippen LogP contribution in [0, 0.1) is 0 Å². The highest BCUT2D eigenvalue weighted by molar-refractivity contribution is 5.93. The van der Waals surface area contributed by atoms with Crippen molar-refractivity contribution in [3.63, 3.8) is 0 Å². The second-order valence-corrected chi connectivity index (χ2v) is 2.55. The number of amides is 1. The van der Waals surface area contributed by atoms with Crippen molar-refractivity contribution in [2.45, 2.75) is 6.42 Å². The van der Waals surface area contributed by atoms with Crippen LogP contribution < -0.4 is 11.4 Å². The molecule has 0 aliphatic heterocycles. The number of hydrogen-bond donors (Lipinski definition) is 3. The van der Waals surface area contributed by atoms with Crippen LogP contribution >= 0.6 is 0 Å². The van der Waals surface area contributed by atoms with Gasteiger partial charge in [-0.3, -0.25) is 9.59 Å². The van der Waals surface area contributed by atoms with Crippen molar-refractivity contribution in [1.82, 2.24) is 9.97 Å². The number of nitrogens with two attached hydrogens (primary N) is 1. The summed E-state index contributed by atoms with van der Waals surface area (Å²) in [5, 5.41) is 0. The van der Waals surface area contributed by atoms with E-state index in [0.717, 1.165) is 0 Å². The topological polar surface area (TPSA) is 118 Å². The molecule has 1 heterocycles. The number of H-pyrrole nitrogens is 2. The Balaban J connectivity index is 3.01. The number of aromatic nitrogens is 2. The van der Waals surface area contributed by atoms with Crippen molar-refractivity contribution in [3.05, 3.63) is 21.9 Å². The maximum atomic E-state index is 10.9. The van der Waals surface area contributed by atoms with E-state index >= 15 is 0 Å². The lowest BCUT2D eigenvalue weighted by Gasteiger charge is -1.97. The van der Waals surface area contributed by atoms with Crippen molar-refractivity contribution in [2.24, 2.45) is 5.73 Å². The maximum Gasteiger partial charge on any atom is 0.323 e. The van der Waals surface area contributed by atoms with Crippen LogP contribution in [0.5, 0.6) is 0 Å². The molecule has 76 valence electrons. The molecule has 1 rings (SSSR count). The maximum absolute atomic E-state index is 10.9. The van der Waals surface area contributed by atoms with Gasteiger partial charge < -0.3 is 20.4 Å². The number of primary amides is 1. The molecule has 0 unspecified atom stereocenters. The third-order valence-electron chi connectivity index (χ3n) is 1.60. The Bertz CT molecular complexity index is 417. The van der Waals surface area contributed by atoms with E-state index in [9.17, 15) is 14.4 Å².